The normalized spacial score (nSPS) is 12.7. The molecule has 1 aromatic carbocycles. The SMILES string of the molecule is COCc1noc(C(C)Nc2cccc3c2cnn3C)n1. The first kappa shape index (κ1) is 13.6. The second-order valence-electron chi connectivity index (χ2n) is 4.85. The third-order valence-electron chi connectivity index (χ3n) is 3.29. The summed E-state index contributed by atoms with van der Waals surface area (Å²) in [6.45, 7) is 2.31. The first-order chi connectivity index (χ1) is 10.2. The highest BCUT2D eigenvalue weighted by Gasteiger charge is 2.15. The van der Waals surface area contributed by atoms with Gasteiger partial charge in [-0.1, -0.05) is 11.2 Å². The van der Waals surface area contributed by atoms with Gasteiger partial charge in [0, 0.05) is 25.2 Å². The van der Waals surface area contributed by atoms with Crippen molar-refractivity contribution in [3.05, 3.63) is 36.1 Å². The molecule has 0 saturated heterocycles. The van der Waals surface area contributed by atoms with E-state index in [9.17, 15) is 0 Å². The fraction of sp³-hybridized carbons (Fsp3) is 0.357. The predicted molar refractivity (Wildman–Crippen MR) is 77.8 cm³/mol. The minimum absolute atomic E-state index is 0.103. The summed E-state index contributed by atoms with van der Waals surface area (Å²) >= 11 is 0. The van der Waals surface area contributed by atoms with Gasteiger partial charge < -0.3 is 14.6 Å². The van der Waals surface area contributed by atoms with Gasteiger partial charge in [0.15, 0.2) is 5.82 Å². The van der Waals surface area contributed by atoms with E-state index in [0.29, 0.717) is 18.3 Å². The maximum absolute atomic E-state index is 5.24. The van der Waals surface area contributed by atoms with Crippen molar-refractivity contribution in [1.29, 1.82) is 0 Å². The molecule has 3 rings (SSSR count). The number of hydrogen-bond donors (Lipinski definition) is 1. The number of hydrogen-bond acceptors (Lipinski definition) is 6. The molecule has 0 spiro atoms. The van der Waals surface area contributed by atoms with Gasteiger partial charge >= 0.3 is 0 Å². The van der Waals surface area contributed by atoms with Gasteiger partial charge in [0.05, 0.1) is 11.7 Å². The number of fused-ring (bicyclic) bond motifs is 1. The number of ether oxygens (including phenoxy) is 1. The molecule has 7 heteroatoms. The molecule has 0 saturated carbocycles. The van der Waals surface area contributed by atoms with E-state index in [2.05, 4.69) is 20.6 Å². The van der Waals surface area contributed by atoms with Crippen molar-refractivity contribution in [3.63, 3.8) is 0 Å². The van der Waals surface area contributed by atoms with Crippen molar-refractivity contribution in [3.8, 4) is 0 Å². The van der Waals surface area contributed by atoms with Crippen LogP contribution in [0, 0.1) is 0 Å². The molecule has 3 aromatic rings. The van der Waals surface area contributed by atoms with Crippen LogP contribution in [0.25, 0.3) is 10.9 Å². The van der Waals surface area contributed by atoms with Crippen LogP contribution in [0.2, 0.25) is 0 Å². The third kappa shape index (κ3) is 2.59. The van der Waals surface area contributed by atoms with E-state index in [4.69, 9.17) is 9.26 Å². The van der Waals surface area contributed by atoms with Crippen molar-refractivity contribution in [1.82, 2.24) is 19.9 Å². The zero-order valence-electron chi connectivity index (χ0n) is 12.2. The summed E-state index contributed by atoms with van der Waals surface area (Å²) in [6, 6.07) is 5.92. The van der Waals surface area contributed by atoms with Crippen LogP contribution in [0.4, 0.5) is 5.69 Å². The van der Waals surface area contributed by atoms with E-state index in [-0.39, 0.29) is 6.04 Å². The van der Waals surface area contributed by atoms with Gasteiger partial charge in [-0.3, -0.25) is 4.68 Å². The Balaban J connectivity index is 1.83. The Labute approximate surface area is 121 Å². The number of nitrogens with one attached hydrogen (secondary N) is 1. The molecular weight excluding hydrogens is 270 g/mol. The molecule has 0 radical (unpaired) electrons. The minimum atomic E-state index is -0.103. The lowest BCUT2D eigenvalue weighted by atomic mass is 10.2. The first-order valence-electron chi connectivity index (χ1n) is 6.67. The van der Waals surface area contributed by atoms with Crippen molar-refractivity contribution in [2.75, 3.05) is 12.4 Å². The van der Waals surface area contributed by atoms with Crippen LogP contribution in [0.5, 0.6) is 0 Å². The summed E-state index contributed by atoms with van der Waals surface area (Å²) in [5.74, 6) is 1.07. The number of aromatic nitrogens is 4. The van der Waals surface area contributed by atoms with E-state index in [1.807, 2.05) is 43.0 Å². The Kier molecular flexibility index (Phi) is 3.57. The van der Waals surface area contributed by atoms with E-state index in [1.54, 1.807) is 7.11 Å². The van der Waals surface area contributed by atoms with Gasteiger partial charge in [-0.25, -0.2) is 0 Å². The molecule has 2 aromatic heterocycles. The number of methoxy groups -OCH3 is 1. The van der Waals surface area contributed by atoms with Gasteiger partial charge in [-0.15, -0.1) is 0 Å². The van der Waals surface area contributed by atoms with Crippen LogP contribution < -0.4 is 5.32 Å². The van der Waals surface area contributed by atoms with Crippen LogP contribution in [-0.2, 0) is 18.4 Å². The first-order valence-corrected chi connectivity index (χ1v) is 6.67. The molecule has 0 aliphatic rings. The smallest absolute Gasteiger partial charge is 0.248 e. The molecule has 1 unspecified atom stereocenters. The Hall–Kier alpha value is -2.41. The fourth-order valence-corrected chi connectivity index (χ4v) is 2.23. The topological polar surface area (TPSA) is 78.0 Å². The molecule has 7 nitrogen and oxygen atoms in total. The average Bonchev–Trinajstić information content (AvgIpc) is 3.08. The zero-order chi connectivity index (χ0) is 14.8. The summed E-state index contributed by atoms with van der Waals surface area (Å²) in [5, 5.41) is 12.6. The quantitative estimate of drug-likeness (QED) is 0.775. The van der Waals surface area contributed by atoms with Crippen molar-refractivity contribution < 1.29 is 9.26 Å². The highest BCUT2D eigenvalue weighted by molar-refractivity contribution is 5.91. The summed E-state index contributed by atoms with van der Waals surface area (Å²) in [5.41, 5.74) is 2.05. The van der Waals surface area contributed by atoms with Gasteiger partial charge in [0.25, 0.3) is 0 Å². The van der Waals surface area contributed by atoms with Gasteiger partial charge in [-0.2, -0.15) is 10.1 Å². The molecular formula is C14H17N5O2. The fourth-order valence-electron chi connectivity index (χ4n) is 2.23. The summed E-state index contributed by atoms with van der Waals surface area (Å²) < 4.78 is 12.1. The van der Waals surface area contributed by atoms with Crippen LogP contribution >= 0.6 is 0 Å². The maximum Gasteiger partial charge on any atom is 0.248 e. The number of benzene rings is 1. The van der Waals surface area contributed by atoms with Crippen molar-refractivity contribution >= 4 is 16.6 Å². The van der Waals surface area contributed by atoms with E-state index in [0.717, 1.165) is 16.6 Å². The summed E-state index contributed by atoms with van der Waals surface area (Å²) in [4.78, 5) is 4.30. The Bertz CT molecular complexity index is 749. The Morgan fingerprint density at radius 1 is 1.43 bits per heavy atom. The van der Waals surface area contributed by atoms with Crippen LogP contribution in [0.15, 0.2) is 28.9 Å². The summed E-state index contributed by atoms with van der Waals surface area (Å²) in [7, 11) is 3.52. The van der Waals surface area contributed by atoms with E-state index < -0.39 is 0 Å². The highest BCUT2D eigenvalue weighted by atomic mass is 16.5. The number of nitrogens with zero attached hydrogens (tertiary/aromatic N) is 4. The lowest BCUT2D eigenvalue weighted by molar-refractivity contribution is 0.174. The third-order valence-corrected chi connectivity index (χ3v) is 3.29. The molecule has 21 heavy (non-hydrogen) atoms. The highest BCUT2D eigenvalue weighted by Crippen LogP contribution is 2.26. The minimum Gasteiger partial charge on any atom is -0.377 e. The summed E-state index contributed by atoms with van der Waals surface area (Å²) in [6.07, 6.45) is 1.84. The molecule has 0 amide bonds. The zero-order valence-corrected chi connectivity index (χ0v) is 12.2. The van der Waals surface area contributed by atoms with E-state index in [1.165, 1.54) is 0 Å². The monoisotopic (exact) mass is 287 g/mol. The van der Waals surface area contributed by atoms with Gasteiger partial charge in [0.1, 0.15) is 12.6 Å². The molecule has 1 N–H and O–H groups in total. The van der Waals surface area contributed by atoms with Crippen LogP contribution in [0.3, 0.4) is 0 Å². The molecule has 0 bridgehead atoms. The lowest BCUT2D eigenvalue weighted by Crippen LogP contribution is -2.07. The Morgan fingerprint density at radius 3 is 3.10 bits per heavy atom. The van der Waals surface area contributed by atoms with Crippen LogP contribution in [0.1, 0.15) is 24.7 Å². The molecule has 1 atom stereocenters. The molecule has 0 aliphatic carbocycles. The number of anilines is 1. The van der Waals surface area contributed by atoms with Crippen molar-refractivity contribution in [2.24, 2.45) is 7.05 Å². The van der Waals surface area contributed by atoms with Crippen LogP contribution in [-0.4, -0.2) is 27.0 Å². The van der Waals surface area contributed by atoms with Gasteiger partial charge in [-0.05, 0) is 19.1 Å². The molecule has 2 heterocycles. The maximum atomic E-state index is 5.24. The molecule has 0 aliphatic heterocycles. The second kappa shape index (κ2) is 5.53. The van der Waals surface area contributed by atoms with Crippen molar-refractivity contribution in [2.45, 2.75) is 19.6 Å². The Morgan fingerprint density at radius 2 is 2.29 bits per heavy atom. The lowest BCUT2D eigenvalue weighted by Gasteiger charge is -2.12. The van der Waals surface area contributed by atoms with Gasteiger partial charge in [0.2, 0.25) is 5.89 Å². The average molecular weight is 287 g/mol. The number of rotatable bonds is 5. The second-order valence-corrected chi connectivity index (χ2v) is 4.85. The van der Waals surface area contributed by atoms with E-state index >= 15 is 0 Å². The molecule has 110 valence electrons. The molecule has 0 fully saturated rings. The largest absolute Gasteiger partial charge is 0.377 e. The number of aryl methyl sites for hydroxylation is 1. The standard InChI is InChI=1S/C14H17N5O2/c1-9(14-17-13(8-20-3)18-21-14)16-11-5-4-6-12-10(11)7-15-19(12)2/h4-7,9,16H,8H2,1-3H3. The predicted octanol–water partition coefficient (Wildman–Crippen LogP) is 2.28.